The SMILES string of the molecule is CCCCCCCCOc1ccccc1-c1ccccc1OCCCCCCCC. The van der Waals surface area contributed by atoms with E-state index in [4.69, 9.17) is 9.47 Å². The molecule has 166 valence electrons. The third-order valence-corrected chi connectivity index (χ3v) is 5.58. The molecule has 0 bridgehead atoms. The average Bonchev–Trinajstić information content (AvgIpc) is 2.78. The van der Waals surface area contributed by atoms with Crippen LogP contribution in [0.15, 0.2) is 48.5 Å². The molecule has 0 amide bonds. The Bertz CT molecular complexity index is 620. The summed E-state index contributed by atoms with van der Waals surface area (Å²) in [5.74, 6) is 1.92. The van der Waals surface area contributed by atoms with E-state index in [-0.39, 0.29) is 0 Å². The van der Waals surface area contributed by atoms with E-state index in [1.54, 1.807) is 0 Å². The molecule has 0 aliphatic rings. The van der Waals surface area contributed by atoms with Crippen LogP contribution in [0.4, 0.5) is 0 Å². The normalized spacial score (nSPS) is 10.9. The zero-order valence-corrected chi connectivity index (χ0v) is 19.3. The van der Waals surface area contributed by atoms with Crippen molar-refractivity contribution in [3.05, 3.63) is 48.5 Å². The van der Waals surface area contributed by atoms with Gasteiger partial charge in [-0.05, 0) is 25.0 Å². The average molecular weight is 411 g/mol. The number of unbranched alkanes of at least 4 members (excludes halogenated alkanes) is 10. The number of hydrogen-bond donors (Lipinski definition) is 0. The van der Waals surface area contributed by atoms with Gasteiger partial charge in [0.1, 0.15) is 11.5 Å². The Morgan fingerprint density at radius 3 is 1.27 bits per heavy atom. The highest BCUT2D eigenvalue weighted by Gasteiger charge is 2.11. The van der Waals surface area contributed by atoms with Gasteiger partial charge in [-0.1, -0.05) is 114 Å². The van der Waals surface area contributed by atoms with Gasteiger partial charge >= 0.3 is 0 Å². The first-order chi connectivity index (χ1) is 14.9. The molecule has 0 heterocycles. The monoisotopic (exact) mass is 410 g/mol. The molecule has 2 heteroatoms. The minimum absolute atomic E-state index is 0.782. The summed E-state index contributed by atoms with van der Waals surface area (Å²) in [7, 11) is 0. The smallest absolute Gasteiger partial charge is 0.127 e. The molecule has 0 saturated heterocycles. The van der Waals surface area contributed by atoms with Gasteiger partial charge in [-0.25, -0.2) is 0 Å². The minimum atomic E-state index is 0.782. The maximum atomic E-state index is 6.18. The van der Waals surface area contributed by atoms with Crippen molar-refractivity contribution in [3.63, 3.8) is 0 Å². The van der Waals surface area contributed by atoms with Gasteiger partial charge in [-0.2, -0.15) is 0 Å². The van der Waals surface area contributed by atoms with Crippen molar-refractivity contribution in [1.29, 1.82) is 0 Å². The van der Waals surface area contributed by atoms with Crippen molar-refractivity contribution in [2.75, 3.05) is 13.2 Å². The molecular weight excluding hydrogens is 368 g/mol. The predicted molar refractivity (Wildman–Crippen MR) is 130 cm³/mol. The number of benzene rings is 2. The number of ether oxygens (including phenoxy) is 2. The van der Waals surface area contributed by atoms with Crippen molar-refractivity contribution in [1.82, 2.24) is 0 Å². The van der Waals surface area contributed by atoms with Gasteiger partial charge in [-0.3, -0.25) is 0 Å². The van der Waals surface area contributed by atoms with Crippen LogP contribution in [0.1, 0.15) is 90.9 Å². The van der Waals surface area contributed by atoms with E-state index >= 15 is 0 Å². The summed E-state index contributed by atoms with van der Waals surface area (Å²) in [4.78, 5) is 0. The molecule has 0 aliphatic carbocycles. The van der Waals surface area contributed by atoms with Crippen LogP contribution >= 0.6 is 0 Å². The minimum Gasteiger partial charge on any atom is -0.493 e. The van der Waals surface area contributed by atoms with Gasteiger partial charge in [0, 0.05) is 11.1 Å². The lowest BCUT2D eigenvalue weighted by atomic mass is 10.0. The number of para-hydroxylation sites is 2. The lowest BCUT2D eigenvalue weighted by Gasteiger charge is -2.15. The van der Waals surface area contributed by atoms with E-state index in [1.807, 2.05) is 0 Å². The first kappa shape index (κ1) is 24.3. The van der Waals surface area contributed by atoms with Crippen LogP contribution in [0.5, 0.6) is 11.5 Å². The predicted octanol–water partition coefficient (Wildman–Crippen LogP) is 8.83. The topological polar surface area (TPSA) is 18.5 Å². The Hall–Kier alpha value is -1.96. The molecule has 0 radical (unpaired) electrons. The van der Waals surface area contributed by atoms with Crippen LogP contribution in [0.3, 0.4) is 0 Å². The van der Waals surface area contributed by atoms with Crippen LogP contribution in [0.2, 0.25) is 0 Å². The highest BCUT2D eigenvalue weighted by atomic mass is 16.5. The van der Waals surface area contributed by atoms with Crippen molar-refractivity contribution < 1.29 is 9.47 Å². The molecule has 2 aromatic rings. The largest absolute Gasteiger partial charge is 0.493 e. The van der Waals surface area contributed by atoms with Gasteiger partial charge in [-0.15, -0.1) is 0 Å². The van der Waals surface area contributed by atoms with Crippen LogP contribution < -0.4 is 9.47 Å². The second-order valence-electron chi connectivity index (χ2n) is 8.22. The van der Waals surface area contributed by atoms with Crippen LogP contribution in [-0.2, 0) is 0 Å². The first-order valence-corrected chi connectivity index (χ1v) is 12.3. The lowest BCUT2D eigenvalue weighted by molar-refractivity contribution is 0.301. The summed E-state index contributed by atoms with van der Waals surface area (Å²) >= 11 is 0. The van der Waals surface area contributed by atoms with E-state index < -0.39 is 0 Å². The summed E-state index contributed by atoms with van der Waals surface area (Å²) in [5.41, 5.74) is 2.25. The fraction of sp³-hybridized carbons (Fsp3) is 0.571. The second-order valence-corrected chi connectivity index (χ2v) is 8.22. The van der Waals surface area contributed by atoms with Gasteiger partial charge < -0.3 is 9.47 Å². The Balaban J connectivity index is 1.87. The third-order valence-electron chi connectivity index (χ3n) is 5.58. The highest BCUT2D eigenvalue weighted by molar-refractivity contribution is 5.75. The van der Waals surface area contributed by atoms with Crippen molar-refractivity contribution in [3.8, 4) is 22.6 Å². The van der Waals surface area contributed by atoms with Crippen molar-refractivity contribution >= 4 is 0 Å². The second kappa shape index (κ2) is 15.8. The Labute approximate surface area is 185 Å². The van der Waals surface area contributed by atoms with Crippen molar-refractivity contribution in [2.45, 2.75) is 90.9 Å². The highest BCUT2D eigenvalue weighted by Crippen LogP contribution is 2.36. The molecule has 0 N–H and O–H groups in total. The van der Waals surface area contributed by atoms with Crippen molar-refractivity contribution in [2.24, 2.45) is 0 Å². The maximum Gasteiger partial charge on any atom is 0.127 e. The quantitative estimate of drug-likeness (QED) is 0.242. The standard InChI is InChI=1S/C28H42O2/c1-3-5-7-9-11-17-23-29-27-21-15-13-19-25(27)26-20-14-16-22-28(26)30-24-18-12-10-8-6-4-2/h13-16,19-22H,3-12,17-18,23-24H2,1-2H3. The summed E-state index contributed by atoms with van der Waals surface area (Å²) < 4.78 is 12.4. The van der Waals surface area contributed by atoms with E-state index in [9.17, 15) is 0 Å². The summed E-state index contributed by atoms with van der Waals surface area (Å²) in [6.07, 6.45) is 15.3. The molecular formula is C28H42O2. The molecule has 0 unspecified atom stereocenters. The number of rotatable bonds is 17. The van der Waals surface area contributed by atoms with Crippen LogP contribution in [0, 0.1) is 0 Å². The molecule has 2 rings (SSSR count). The van der Waals surface area contributed by atoms with E-state index in [1.165, 1.54) is 64.2 Å². The number of hydrogen-bond acceptors (Lipinski definition) is 2. The fourth-order valence-electron chi connectivity index (χ4n) is 3.76. The molecule has 2 nitrogen and oxygen atoms in total. The molecule has 2 aromatic carbocycles. The van der Waals surface area contributed by atoms with Gasteiger partial charge in [0.15, 0.2) is 0 Å². The molecule has 0 fully saturated rings. The van der Waals surface area contributed by atoms with Crippen LogP contribution in [0.25, 0.3) is 11.1 Å². The van der Waals surface area contributed by atoms with Gasteiger partial charge in [0.25, 0.3) is 0 Å². The zero-order chi connectivity index (χ0) is 21.3. The molecule has 0 saturated carbocycles. The van der Waals surface area contributed by atoms with E-state index in [0.717, 1.165) is 48.7 Å². The molecule has 30 heavy (non-hydrogen) atoms. The fourth-order valence-corrected chi connectivity index (χ4v) is 3.76. The third kappa shape index (κ3) is 9.24. The Kier molecular flexibility index (Phi) is 12.8. The van der Waals surface area contributed by atoms with E-state index in [0.29, 0.717) is 0 Å². The summed E-state index contributed by atoms with van der Waals surface area (Å²) in [5, 5.41) is 0. The Morgan fingerprint density at radius 1 is 0.467 bits per heavy atom. The Morgan fingerprint density at radius 2 is 0.833 bits per heavy atom. The summed E-state index contributed by atoms with van der Waals surface area (Å²) in [6.45, 7) is 6.08. The first-order valence-electron chi connectivity index (χ1n) is 12.3. The van der Waals surface area contributed by atoms with E-state index in [2.05, 4.69) is 62.4 Å². The molecule has 0 aromatic heterocycles. The van der Waals surface area contributed by atoms with Crippen LogP contribution in [-0.4, -0.2) is 13.2 Å². The maximum absolute atomic E-state index is 6.18. The van der Waals surface area contributed by atoms with Gasteiger partial charge in [0.2, 0.25) is 0 Å². The lowest BCUT2D eigenvalue weighted by Crippen LogP contribution is -2.01. The molecule has 0 atom stereocenters. The summed E-state index contributed by atoms with van der Waals surface area (Å²) in [6, 6.07) is 16.7. The van der Waals surface area contributed by atoms with Gasteiger partial charge in [0.05, 0.1) is 13.2 Å². The molecule has 0 aliphatic heterocycles. The zero-order valence-electron chi connectivity index (χ0n) is 19.3. The molecule has 0 spiro atoms.